The van der Waals surface area contributed by atoms with Gasteiger partial charge in [0.15, 0.2) is 0 Å². The first kappa shape index (κ1) is 21.9. The summed E-state index contributed by atoms with van der Waals surface area (Å²) in [6.07, 6.45) is 1.37. The van der Waals surface area contributed by atoms with Crippen LogP contribution in [0.15, 0.2) is 72.8 Å². The van der Waals surface area contributed by atoms with Crippen molar-refractivity contribution in [1.29, 1.82) is 0 Å². The Morgan fingerprint density at radius 1 is 0.938 bits per heavy atom. The normalized spacial score (nSPS) is 16.0. The third kappa shape index (κ3) is 5.48. The van der Waals surface area contributed by atoms with Crippen molar-refractivity contribution in [3.8, 4) is 22.6 Å². The van der Waals surface area contributed by atoms with Crippen LogP contribution in [0.2, 0.25) is 0 Å². The monoisotopic (exact) mass is 430 g/mol. The number of para-hydroxylation sites is 1. The Hall–Kier alpha value is -3.31. The van der Waals surface area contributed by atoms with E-state index in [-0.39, 0.29) is 11.9 Å². The molecule has 0 radical (unpaired) electrons. The van der Waals surface area contributed by atoms with E-state index < -0.39 is 0 Å². The number of hydrogen-bond acceptors (Lipinski definition) is 4. The third-order valence-electron chi connectivity index (χ3n) is 5.94. The molecule has 1 atom stereocenters. The summed E-state index contributed by atoms with van der Waals surface area (Å²) in [4.78, 5) is 14.8. The maximum Gasteiger partial charge on any atom is 0.224 e. The molecule has 1 amide bonds. The predicted octanol–water partition coefficient (Wildman–Crippen LogP) is 4.30. The van der Waals surface area contributed by atoms with Crippen LogP contribution in [0.25, 0.3) is 11.1 Å². The highest BCUT2D eigenvalue weighted by molar-refractivity contribution is 5.79. The SMILES string of the molecule is COc1ccc(CC(=O)NC2CCN(Cc3ccc(-c4ccccc4OC)cc3)C2)cc1. The molecule has 1 aliphatic heterocycles. The van der Waals surface area contributed by atoms with Gasteiger partial charge in [0.25, 0.3) is 0 Å². The first-order chi connectivity index (χ1) is 15.6. The van der Waals surface area contributed by atoms with Crippen molar-refractivity contribution in [2.75, 3.05) is 27.3 Å². The lowest BCUT2D eigenvalue weighted by molar-refractivity contribution is -0.121. The van der Waals surface area contributed by atoms with Gasteiger partial charge in [-0.05, 0) is 41.3 Å². The summed E-state index contributed by atoms with van der Waals surface area (Å²) in [6.45, 7) is 2.75. The Balaban J connectivity index is 1.28. The number of amides is 1. The van der Waals surface area contributed by atoms with Crippen LogP contribution in [0.4, 0.5) is 0 Å². The topological polar surface area (TPSA) is 50.8 Å². The molecule has 5 nitrogen and oxygen atoms in total. The number of ether oxygens (including phenoxy) is 2. The number of carbonyl (C=O) groups excluding carboxylic acids is 1. The van der Waals surface area contributed by atoms with Crippen molar-refractivity contribution in [2.45, 2.75) is 25.4 Å². The van der Waals surface area contributed by atoms with E-state index in [1.165, 1.54) is 5.56 Å². The van der Waals surface area contributed by atoms with Gasteiger partial charge < -0.3 is 14.8 Å². The summed E-state index contributed by atoms with van der Waals surface area (Å²) in [5, 5.41) is 3.19. The molecule has 0 aliphatic carbocycles. The second kappa shape index (κ2) is 10.3. The van der Waals surface area contributed by atoms with Crippen molar-refractivity contribution in [1.82, 2.24) is 10.2 Å². The molecule has 0 saturated carbocycles. The van der Waals surface area contributed by atoms with Crippen LogP contribution in [0, 0.1) is 0 Å². The molecule has 1 N–H and O–H groups in total. The number of nitrogens with zero attached hydrogens (tertiary/aromatic N) is 1. The maximum absolute atomic E-state index is 12.4. The van der Waals surface area contributed by atoms with Crippen molar-refractivity contribution in [2.24, 2.45) is 0 Å². The number of benzene rings is 3. The van der Waals surface area contributed by atoms with E-state index in [2.05, 4.69) is 40.5 Å². The van der Waals surface area contributed by atoms with Crippen molar-refractivity contribution < 1.29 is 14.3 Å². The molecule has 1 aliphatic rings. The molecule has 0 spiro atoms. The number of rotatable bonds is 8. The van der Waals surface area contributed by atoms with Crippen molar-refractivity contribution >= 4 is 5.91 Å². The fourth-order valence-corrected chi connectivity index (χ4v) is 4.23. The molecule has 1 heterocycles. The number of hydrogen-bond donors (Lipinski definition) is 1. The van der Waals surface area contributed by atoms with Crippen LogP contribution in [-0.4, -0.2) is 44.2 Å². The van der Waals surface area contributed by atoms with Crippen molar-refractivity contribution in [3.63, 3.8) is 0 Å². The molecule has 32 heavy (non-hydrogen) atoms. The molecule has 3 aromatic rings. The Labute approximate surface area is 190 Å². The maximum atomic E-state index is 12.4. The highest BCUT2D eigenvalue weighted by Crippen LogP contribution is 2.29. The number of likely N-dealkylation sites (tertiary alicyclic amines) is 1. The van der Waals surface area contributed by atoms with Gasteiger partial charge in [0, 0.05) is 31.2 Å². The highest BCUT2D eigenvalue weighted by Gasteiger charge is 2.23. The van der Waals surface area contributed by atoms with Gasteiger partial charge >= 0.3 is 0 Å². The Morgan fingerprint density at radius 2 is 1.66 bits per heavy atom. The first-order valence-electron chi connectivity index (χ1n) is 11.0. The average molecular weight is 431 g/mol. The van der Waals surface area contributed by atoms with Crippen molar-refractivity contribution in [3.05, 3.63) is 83.9 Å². The molecule has 5 heteroatoms. The largest absolute Gasteiger partial charge is 0.497 e. The lowest BCUT2D eigenvalue weighted by Gasteiger charge is -2.17. The van der Waals surface area contributed by atoms with E-state index in [9.17, 15) is 4.79 Å². The van der Waals surface area contributed by atoms with Gasteiger partial charge in [-0.15, -0.1) is 0 Å². The second-order valence-electron chi connectivity index (χ2n) is 8.21. The molecule has 3 aromatic carbocycles. The average Bonchev–Trinajstić information content (AvgIpc) is 3.26. The van der Waals surface area contributed by atoms with Gasteiger partial charge in [-0.3, -0.25) is 9.69 Å². The molecule has 1 saturated heterocycles. The zero-order valence-electron chi connectivity index (χ0n) is 18.7. The van der Waals surface area contributed by atoms with Crippen LogP contribution < -0.4 is 14.8 Å². The van der Waals surface area contributed by atoms with Gasteiger partial charge in [0.05, 0.1) is 20.6 Å². The van der Waals surface area contributed by atoms with E-state index in [0.717, 1.165) is 54.2 Å². The van der Waals surface area contributed by atoms with Crippen LogP contribution >= 0.6 is 0 Å². The molecule has 1 unspecified atom stereocenters. The van der Waals surface area contributed by atoms with E-state index in [1.807, 2.05) is 42.5 Å². The number of carbonyl (C=O) groups is 1. The fourth-order valence-electron chi connectivity index (χ4n) is 4.23. The molecule has 0 aromatic heterocycles. The van der Waals surface area contributed by atoms with Crippen LogP contribution in [-0.2, 0) is 17.8 Å². The van der Waals surface area contributed by atoms with Crippen LogP contribution in [0.3, 0.4) is 0 Å². The predicted molar refractivity (Wildman–Crippen MR) is 127 cm³/mol. The van der Waals surface area contributed by atoms with Gasteiger partial charge in [-0.2, -0.15) is 0 Å². The molecule has 166 valence electrons. The minimum absolute atomic E-state index is 0.0724. The van der Waals surface area contributed by atoms with Crippen LogP contribution in [0.5, 0.6) is 11.5 Å². The minimum Gasteiger partial charge on any atom is -0.497 e. The number of nitrogens with one attached hydrogen (secondary N) is 1. The number of methoxy groups -OCH3 is 2. The zero-order chi connectivity index (χ0) is 22.3. The van der Waals surface area contributed by atoms with Gasteiger partial charge in [0.2, 0.25) is 5.91 Å². The molecule has 1 fully saturated rings. The highest BCUT2D eigenvalue weighted by atomic mass is 16.5. The fraction of sp³-hybridized carbons (Fsp3) is 0.296. The quantitative estimate of drug-likeness (QED) is 0.579. The first-order valence-corrected chi connectivity index (χ1v) is 11.0. The second-order valence-corrected chi connectivity index (χ2v) is 8.21. The van der Waals surface area contributed by atoms with E-state index in [0.29, 0.717) is 6.42 Å². The Kier molecular flexibility index (Phi) is 7.07. The van der Waals surface area contributed by atoms with E-state index in [1.54, 1.807) is 14.2 Å². The molecule has 0 bridgehead atoms. The van der Waals surface area contributed by atoms with Gasteiger partial charge in [0.1, 0.15) is 11.5 Å². The summed E-state index contributed by atoms with van der Waals surface area (Å²) in [7, 11) is 3.34. The van der Waals surface area contributed by atoms with E-state index >= 15 is 0 Å². The Bertz CT molecular complexity index is 1030. The summed E-state index contributed by atoms with van der Waals surface area (Å²) < 4.78 is 10.7. The van der Waals surface area contributed by atoms with Gasteiger partial charge in [-0.25, -0.2) is 0 Å². The lowest BCUT2D eigenvalue weighted by atomic mass is 10.0. The third-order valence-corrected chi connectivity index (χ3v) is 5.94. The smallest absolute Gasteiger partial charge is 0.224 e. The summed E-state index contributed by atoms with van der Waals surface area (Å²) >= 11 is 0. The lowest BCUT2D eigenvalue weighted by Crippen LogP contribution is -2.37. The summed E-state index contributed by atoms with van der Waals surface area (Å²) in [5.74, 6) is 1.76. The van der Waals surface area contributed by atoms with Gasteiger partial charge in [-0.1, -0.05) is 54.6 Å². The van der Waals surface area contributed by atoms with E-state index in [4.69, 9.17) is 9.47 Å². The molecular weight excluding hydrogens is 400 g/mol. The Morgan fingerprint density at radius 3 is 2.38 bits per heavy atom. The zero-order valence-corrected chi connectivity index (χ0v) is 18.7. The minimum atomic E-state index is 0.0724. The standard InChI is InChI=1S/C27H30N2O3/c1-31-24-13-9-20(10-14-24)17-27(30)28-23-15-16-29(19-23)18-21-7-11-22(12-8-21)25-5-3-4-6-26(25)32-2/h3-14,23H,15-19H2,1-2H3,(H,28,30). The summed E-state index contributed by atoms with van der Waals surface area (Å²) in [5.41, 5.74) is 4.51. The van der Waals surface area contributed by atoms with Crippen LogP contribution in [0.1, 0.15) is 17.5 Å². The molecular formula is C27H30N2O3. The molecule has 4 rings (SSSR count). The summed E-state index contributed by atoms with van der Waals surface area (Å²) in [6, 6.07) is 24.6.